The minimum absolute atomic E-state index is 0.262. The number of aromatic amines is 1. The highest BCUT2D eigenvalue weighted by Gasteiger charge is 2.18. The molecule has 0 bridgehead atoms. The first kappa shape index (κ1) is 17.9. The molecule has 0 fully saturated rings. The first-order valence-electron chi connectivity index (χ1n) is 9.39. The molecule has 0 saturated carbocycles. The monoisotopic (exact) mass is 380 g/mol. The Morgan fingerprint density at radius 3 is 3.00 bits per heavy atom. The summed E-state index contributed by atoms with van der Waals surface area (Å²) >= 11 is 1.77. The highest BCUT2D eigenvalue weighted by Crippen LogP contribution is 2.27. The standard InChI is InChI=1S/C22H24N2O2S/c1-26-18-7-8-19-17(15-23-20(19)14-18)4-2-6-22(25)24-11-9-16(10-12-24)21-5-3-13-27-21/h3,5,7-9,13-15,23H,2,4,6,10-12H2,1H3. The van der Waals surface area contributed by atoms with Crippen LogP contribution in [0.1, 0.15) is 29.7 Å². The highest BCUT2D eigenvalue weighted by molar-refractivity contribution is 7.11. The molecule has 0 saturated heterocycles. The van der Waals surface area contributed by atoms with Crippen LogP contribution in [-0.4, -0.2) is 36.0 Å². The number of rotatable bonds is 6. The van der Waals surface area contributed by atoms with Gasteiger partial charge in [-0.2, -0.15) is 0 Å². The smallest absolute Gasteiger partial charge is 0.222 e. The number of carbonyl (C=O) groups excluding carboxylic acids is 1. The maximum absolute atomic E-state index is 12.5. The predicted octanol–water partition coefficient (Wildman–Crippen LogP) is 4.88. The molecule has 27 heavy (non-hydrogen) atoms. The van der Waals surface area contributed by atoms with Crippen molar-refractivity contribution in [3.8, 4) is 5.75 Å². The van der Waals surface area contributed by atoms with Crippen molar-refractivity contribution in [1.29, 1.82) is 0 Å². The summed E-state index contributed by atoms with van der Waals surface area (Å²) in [5, 5.41) is 3.32. The zero-order valence-electron chi connectivity index (χ0n) is 15.5. The molecule has 3 heterocycles. The quantitative estimate of drug-likeness (QED) is 0.663. The molecule has 1 aliphatic heterocycles. The molecule has 4 rings (SSSR count). The first-order chi connectivity index (χ1) is 13.2. The Morgan fingerprint density at radius 1 is 1.33 bits per heavy atom. The second-order valence-electron chi connectivity index (χ2n) is 6.88. The van der Waals surface area contributed by atoms with E-state index in [9.17, 15) is 4.79 Å². The summed E-state index contributed by atoms with van der Waals surface area (Å²) in [5.74, 6) is 1.11. The SMILES string of the molecule is COc1ccc2c(CCCC(=O)N3CC=C(c4cccs4)CC3)c[nH]c2c1. The summed E-state index contributed by atoms with van der Waals surface area (Å²) in [6.07, 6.45) is 7.59. The number of ether oxygens (including phenoxy) is 1. The normalized spacial score (nSPS) is 14.4. The molecule has 3 aromatic rings. The van der Waals surface area contributed by atoms with Crippen LogP contribution in [0.25, 0.3) is 16.5 Å². The summed E-state index contributed by atoms with van der Waals surface area (Å²) in [5.41, 5.74) is 3.72. The van der Waals surface area contributed by atoms with Crippen LogP contribution in [0, 0.1) is 0 Å². The molecule has 0 spiro atoms. The number of methoxy groups -OCH3 is 1. The van der Waals surface area contributed by atoms with Gasteiger partial charge in [-0.05, 0) is 54.0 Å². The van der Waals surface area contributed by atoms with E-state index in [4.69, 9.17) is 4.74 Å². The minimum Gasteiger partial charge on any atom is -0.497 e. The number of aryl methyl sites for hydroxylation is 1. The van der Waals surface area contributed by atoms with Crippen molar-refractivity contribution in [3.05, 3.63) is 58.4 Å². The Hall–Kier alpha value is -2.53. The molecule has 1 aromatic carbocycles. The van der Waals surface area contributed by atoms with Gasteiger partial charge in [-0.3, -0.25) is 4.79 Å². The topological polar surface area (TPSA) is 45.3 Å². The van der Waals surface area contributed by atoms with E-state index < -0.39 is 0 Å². The molecule has 0 radical (unpaired) electrons. The minimum atomic E-state index is 0.262. The van der Waals surface area contributed by atoms with Gasteiger partial charge in [0.15, 0.2) is 0 Å². The Balaban J connectivity index is 1.30. The summed E-state index contributed by atoms with van der Waals surface area (Å²) in [6, 6.07) is 10.3. The van der Waals surface area contributed by atoms with E-state index in [0.29, 0.717) is 6.42 Å². The lowest BCUT2D eigenvalue weighted by atomic mass is 10.0. The maximum atomic E-state index is 12.5. The number of nitrogens with one attached hydrogen (secondary N) is 1. The molecule has 1 aliphatic rings. The predicted molar refractivity (Wildman–Crippen MR) is 111 cm³/mol. The Labute approximate surface area is 163 Å². The fourth-order valence-corrected chi connectivity index (χ4v) is 4.47. The van der Waals surface area contributed by atoms with Gasteiger partial charge < -0.3 is 14.6 Å². The van der Waals surface area contributed by atoms with E-state index in [0.717, 1.165) is 43.6 Å². The van der Waals surface area contributed by atoms with Gasteiger partial charge in [0, 0.05) is 47.6 Å². The van der Waals surface area contributed by atoms with Gasteiger partial charge in [0.1, 0.15) is 5.75 Å². The van der Waals surface area contributed by atoms with Gasteiger partial charge in [-0.15, -0.1) is 11.3 Å². The van der Waals surface area contributed by atoms with Crippen LogP contribution in [0.5, 0.6) is 5.75 Å². The number of H-pyrrole nitrogens is 1. The Morgan fingerprint density at radius 2 is 2.26 bits per heavy atom. The fourth-order valence-electron chi connectivity index (χ4n) is 3.67. The zero-order chi connectivity index (χ0) is 18.6. The zero-order valence-corrected chi connectivity index (χ0v) is 16.3. The van der Waals surface area contributed by atoms with Gasteiger partial charge in [-0.25, -0.2) is 0 Å². The van der Waals surface area contributed by atoms with Crippen LogP contribution < -0.4 is 4.74 Å². The van der Waals surface area contributed by atoms with Crippen molar-refractivity contribution in [2.45, 2.75) is 25.7 Å². The summed E-state index contributed by atoms with van der Waals surface area (Å²) in [6.45, 7) is 1.56. The van der Waals surface area contributed by atoms with Gasteiger partial charge in [0.2, 0.25) is 5.91 Å². The van der Waals surface area contributed by atoms with Crippen molar-refractivity contribution in [3.63, 3.8) is 0 Å². The highest BCUT2D eigenvalue weighted by atomic mass is 32.1. The summed E-state index contributed by atoms with van der Waals surface area (Å²) in [7, 11) is 1.68. The van der Waals surface area contributed by atoms with E-state index in [1.807, 2.05) is 23.2 Å². The molecule has 0 aliphatic carbocycles. The lowest BCUT2D eigenvalue weighted by molar-refractivity contribution is -0.130. The second kappa shape index (κ2) is 8.01. The van der Waals surface area contributed by atoms with Crippen molar-refractivity contribution in [2.75, 3.05) is 20.2 Å². The van der Waals surface area contributed by atoms with Crippen molar-refractivity contribution in [1.82, 2.24) is 9.88 Å². The number of carbonyl (C=O) groups is 1. The van der Waals surface area contributed by atoms with Crippen LogP contribution in [-0.2, 0) is 11.2 Å². The van der Waals surface area contributed by atoms with Crippen LogP contribution in [0.2, 0.25) is 0 Å². The number of hydrogen-bond donors (Lipinski definition) is 1. The molecular weight excluding hydrogens is 356 g/mol. The second-order valence-corrected chi connectivity index (χ2v) is 7.82. The van der Waals surface area contributed by atoms with Crippen LogP contribution in [0.15, 0.2) is 48.0 Å². The van der Waals surface area contributed by atoms with Gasteiger partial charge in [0.25, 0.3) is 0 Å². The van der Waals surface area contributed by atoms with Crippen LogP contribution >= 0.6 is 11.3 Å². The molecule has 1 N–H and O–H groups in total. The van der Waals surface area contributed by atoms with Gasteiger partial charge >= 0.3 is 0 Å². The Kier molecular flexibility index (Phi) is 5.30. The van der Waals surface area contributed by atoms with E-state index in [2.05, 4.69) is 34.6 Å². The number of thiophene rings is 1. The van der Waals surface area contributed by atoms with E-state index >= 15 is 0 Å². The average molecular weight is 381 g/mol. The number of fused-ring (bicyclic) bond motifs is 1. The lowest BCUT2D eigenvalue weighted by Gasteiger charge is -2.26. The fraction of sp³-hybridized carbons (Fsp3) is 0.318. The molecular formula is C22H24N2O2S. The number of benzene rings is 1. The molecule has 140 valence electrons. The van der Waals surface area contributed by atoms with Crippen LogP contribution in [0.4, 0.5) is 0 Å². The largest absolute Gasteiger partial charge is 0.497 e. The third-order valence-electron chi connectivity index (χ3n) is 5.21. The number of nitrogens with zero attached hydrogens (tertiary/aromatic N) is 1. The molecule has 2 aromatic heterocycles. The number of amides is 1. The third-order valence-corrected chi connectivity index (χ3v) is 6.16. The van der Waals surface area contributed by atoms with E-state index in [1.165, 1.54) is 21.4 Å². The lowest BCUT2D eigenvalue weighted by Crippen LogP contribution is -2.34. The Bertz CT molecular complexity index is 956. The third kappa shape index (κ3) is 3.93. The molecule has 1 amide bonds. The van der Waals surface area contributed by atoms with Gasteiger partial charge in [-0.1, -0.05) is 12.1 Å². The number of hydrogen-bond acceptors (Lipinski definition) is 3. The molecule has 0 atom stereocenters. The average Bonchev–Trinajstić information content (AvgIpc) is 3.38. The van der Waals surface area contributed by atoms with E-state index in [-0.39, 0.29) is 5.91 Å². The van der Waals surface area contributed by atoms with Crippen molar-refractivity contribution >= 4 is 33.7 Å². The van der Waals surface area contributed by atoms with E-state index in [1.54, 1.807) is 18.4 Å². The summed E-state index contributed by atoms with van der Waals surface area (Å²) in [4.78, 5) is 19.2. The summed E-state index contributed by atoms with van der Waals surface area (Å²) < 4.78 is 5.27. The van der Waals surface area contributed by atoms with Crippen molar-refractivity contribution in [2.24, 2.45) is 0 Å². The van der Waals surface area contributed by atoms with Crippen molar-refractivity contribution < 1.29 is 9.53 Å². The molecule has 4 nitrogen and oxygen atoms in total. The molecule has 0 unspecified atom stereocenters. The van der Waals surface area contributed by atoms with Gasteiger partial charge in [0.05, 0.1) is 7.11 Å². The molecule has 5 heteroatoms. The van der Waals surface area contributed by atoms with Crippen LogP contribution in [0.3, 0.4) is 0 Å². The maximum Gasteiger partial charge on any atom is 0.222 e. The first-order valence-corrected chi connectivity index (χ1v) is 10.3. The number of aromatic nitrogens is 1.